The number of benzene rings is 1. The average molecular weight is 349 g/mol. The Morgan fingerprint density at radius 1 is 1.12 bits per heavy atom. The number of imide groups is 1. The monoisotopic (exact) mass is 348 g/mol. The van der Waals surface area contributed by atoms with Crippen LogP contribution in [0.2, 0.25) is 0 Å². The molecule has 2 rings (SSSR count). The second-order valence-electron chi connectivity index (χ2n) is 3.10. The topological polar surface area (TPSA) is 58.2 Å². The molecule has 1 heterocycles. The van der Waals surface area contributed by atoms with E-state index in [1.807, 2.05) is 12.1 Å². The molecule has 0 spiro atoms. The van der Waals surface area contributed by atoms with Gasteiger partial charge in [0.25, 0.3) is 11.8 Å². The predicted octanol–water partition coefficient (Wildman–Crippen LogP) is 1.81. The zero-order valence-corrected chi connectivity index (χ0v) is 10.8. The molecule has 1 aliphatic heterocycles. The summed E-state index contributed by atoms with van der Waals surface area (Å²) in [7, 11) is 0. The van der Waals surface area contributed by atoms with Gasteiger partial charge in [-0.25, -0.2) is 0 Å². The smallest absolute Gasteiger partial charge is 0.276 e. The van der Waals surface area contributed by atoms with E-state index in [0.29, 0.717) is 5.69 Å². The van der Waals surface area contributed by atoms with Crippen LogP contribution in [-0.4, -0.2) is 11.8 Å². The van der Waals surface area contributed by atoms with Crippen LogP contribution in [0.5, 0.6) is 0 Å². The predicted molar refractivity (Wildman–Crippen MR) is 68.8 cm³/mol. The molecular formula is C10H6ClIN2O2. The summed E-state index contributed by atoms with van der Waals surface area (Å²) in [4.78, 5) is 22.4. The normalized spacial score (nSPS) is 15.4. The Bertz CT molecular complexity index is 496. The summed E-state index contributed by atoms with van der Waals surface area (Å²) < 4.78 is 1.08. The van der Waals surface area contributed by atoms with Crippen molar-refractivity contribution >= 4 is 51.7 Å². The number of nitrogens with one attached hydrogen (secondary N) is 2. The minimum atomic E-state index is -0.570. The molecule has 0 radical (unpaired) electrons. The van der Waals surface area contributed by atoms with Crippen molar-refractivity contribution in [2.75, 3.05) is 5.32 Å². The van der Waals surface area contributed by atoms with Crippen molar-refractivity contribution in [1.29, 1.82) is 0 Å². The molecule has 0 aliphatic carbocycles. The minimum absolute atomic E-state index is 0.0906. The van der Waals surface area contributed by atoms with Gasteiger partial charge in [0.1, 0.15) is 10.7 Å². The van der Waals surface area contributed by atoms with Crippen LogP contribution in [0.25, 0.3) is 0 Å². The van der Waals surface area contributed by atoms with Gasteiger partial charge in [0, 0.05) is 9.26 Å². The number of carbonyl (C=O) groups is 2. The van der Waals surface area contributed by atoms with Crippen LogP contribution in [0.1, 0.15) is 0 Å². The van der Waals surface area contributed by atoms with Crippen LogP contribution in [0.4, 0.5) is 5.69 Å². The lowest BCUT2D eigenvalue weighted by molar-refractivity contribution is -0.123. The van der Waals surface area contributed by atoms with Crippen LogP contribution in [0.15, 0.2) is 35.0 Å². The van der Waals surface area contributed by atoms with Crippen molar-refractivity contribution in [3.05, 3.63) is 38.6 Å². The van der Waals surface area contributed by atoms with Crippen LogP contribution in [-0.2, 0) is 9.59 Å². The van der Waals surface area contributed by atoms with Gasteiger partial charge in [0.2, 0.25) is 0 Å². The third kappa shape index (κ3) is 2.19. The maximum Gasteiger partial charge on any atom is 0.276 e. The van der Waals surface area contributed by atoms with Crippen LogP contribution in [0.3, 0.4) is 0 Å². The van der Waals surface area contributed by atoms with Gasteiger partial charge in [-0.05, 0) is 46.9 Å². The molecule has 6 heteroatoms. The summed E-state index contributed by atoms with van der Waals surface area (Å²) in [5, 5.41) is 4.80. The molecule has 1 aromatic rings. The second kappa shape index (κ2) is 4.42. The zero-order chi connectivity index (χ0) is 11.7. The highest BCUT2D eigenvalue weighted by molar-refractivity contribution is 14.1. The van der Waals surface area contributed by atoms with Gasteiger partial charge >= 0.3 is 0 Å². The second-order valence-corrected chi connectivity index (χ2v) is 4.73. The van der Waals surface area contributed by atoms with Crippen LogP contribution >= 0.6 is 34.2 Å². The molecule has 2 amide bonds. The highest BCUT2D eigenvalue weighted by Crippen LogP contribution is 2.20. The molecule has 2 N–H and O–H groups in total. The number of anilines is 1. The zero-order valence-electron chi connectivity index (χ0n) is 7.88. The summed E-state index contributed by atoms with van der Waals surface area (Å²) in [6, 6.07) is 7.36. The molecule has 82 valence electrons. The summed E-state index contributed by atoms with van der Waals surface area (Å²) in [6.07, 6.45) is 0. The molecule has 1 aliphatic rings. The minimum Gasteiger partial charge on any atom is -0.350 e. The summed E-state index contributed by atoms with van der Waals surface area (Å²) in [6.45, 7) is 0. The van der Waals surface area contributed by atoms with Gasteiger partial charge in [-0.1, -0.05) is 11.6 Å². The van der Waals surface area contributed by atoms with E-state index in [1.165, 1.54) is 0 Å². The standard InChI is InChI=1S/C10H6ClIN2O2/c11-7-8(10(16)14-9(7)15)13-6-3-1-5(12)2-4-6/h1-4H,(H2,13,14,15,16). The van der Waals surface area contributed by atoms with Crippen molar-refractivity contribution in [2.24, 2.45) is 0 Å². The van der Waals surface area contributed by atoms with Crippen molar-refractivity contribution < 1.29 is 9.59 Å². The molecular weight excluding hydrogens is 342 g/mol. The van der Waals surface area contributed by atoms with Crippen LogP contribution in [0, 0.1) is 3.57 Å². The SMILES string of the molecule is O=C1NC(=O)C(Nc2ccc(I)cc2)=C1Cl. The Kier molecular flexibility index (Phi) is 3.15. The van der Waals surface area contributed by atoms with E-state index in [0.717, 1.165) is 3.57 Å². The molecule has 0 saturated heterocycles. The van der Waals surface area contributed by atoms with Gasteiger partial charge in [-0.3, -0.25) is 14.9 Å². The van der Waals surface area contributed by atoms with E-state index in [9.17, 15) is 9.59 Å². The van der Waals surface area contributed by atoms with E-state index in [-0.39, 0.29) is 10.7 Å². The third-order valence-corrected chi connectivity index (χ3v) is 3.07. The molecule has 0 atom stereocenters. The van der Waals surface area contributed by atoms with Crippen LogP contribution < -0.4 is 10.6 Å². The molecule has 1 aromatic carbocycles. The fraction of sp³-hybridized carbons (Fsp3) is 0. The summed E-state index contributed by atoms with van der Waals surface area (Å²) in [5.74, 6) is -1.08. The number of amides is 2. The van der Waals surface area contributed by atoms with Gasteiger partial charge in [0.05, 0.1) is 0 Å². The van der Waals surface area contributed by atoms with Crippen molar-refractivity contribution in [2.45, 2.75) is 0 Å². The fourth-order valence-corrected chi connectivity index (χ4v) is 1.76. The van der Waals surface area contributed by atoms with Gasteiger partial charge in [0.15, 0.2) is 0 Å². The van der Waals surface area contributed by atoms with Crippen molar-refractivity contribution in [3.8, 4) is 0 Å². The van der Waals surface area contributed by atoms with Crippen molar-refractivity contribution in [3.63, 3.8) is 0 Å². The lowest BCUT2D eigenvalue weighted by Gasteiger charge is -2.05. The molecule has 0 saturated carbocycles. The first-order chi connectivity index (χ1) is 7.58. The van der Waals surface area contributed by atoms with Gasteiger partial charge in [-0.15, -0.1) is 0 Å². The number of rotatable bonds is 2. The fourth-order valence-electron chi connectivity index (χ4n) is 1.22. The first kappa shape index (κ1) is 11.4. The Labute approximate surface area is 110 Å². The maximum absolute atomic E-state index is 11.3. The third-order valence-electron chi connectivity index (χ3n) is 1.99. The Morgan fingerprint density at radius 2 is 1.75 bits per heavy atom. The Morgan fingerprint density at radius 3 is 2.25 bits per heavy atom. The first-order valence-electron chi connectivity index (χ1n) is 4.36. The highest BCUT2D eigenvalue weighted by Gasteiger charge is 2.28. The quantitative estimate of drug-likeness (QED) is 0.633. The number of carbonyl (C=O) groups excluding carboxylic acids is 2. The molecule has 0 unspecified atom stereocenters. The van der Waals surface area contributed by atoms with E-state index < -0.39 is 11.8 Å². The first-order valence-corrected chi connectivity index (χ1v) is 5.81. The highest BCUT2D eigenvalue weighted by atomic mass is 127. The van der Waals surface area contributed by atoms with E-state index in [1.54, 1.807) is 12.1 Å². The van der Waals surface area contributed by atoms with Gasteiger partial charge in [-0.2, -0.15) is 0 Å². The molecule has 4 nitrogen and oxygen atoms in total. The van der Waals surface area contributed by atoms with E-state index in [2.05, 4.69) is 33.2 Å². The summed E-state index contributed by atoms with van der Waals surface area (Å²) in [5.41, 5.74) is 0.797. The molecule has 16 heavy (non-hydrogen) atoms. The lowest BCUT2D eigenvalue weighted by atomic mass is 10.3. The summed E-state index contributed by atoms with van der Waals surface area (Å²) >= 11 is 7.86. The average Bonchev–Trinajstić information content (AvgIpc) is 2.48. The lowest BCUT2D eigenvalue weighted by Crippen LogP contribution is -2.24. The van der Waals surface area contributed by atoms with Crippen molar-refractivity contribution in [1.82, 2.24) is 5.32 Å². The van der Waals surface area contributed by atoms with E-state index in [4.69, 9.17) is 11.6 Å². The Balaban J connectivity index is 2.25. The number of hydrogen-bond acceptors (Lipinski definition) is 3. The van der Waals surface area contributed by atoms with Gasteiger partial charge < -0.3 is 5.32 Å². The molecule has 0 aromatic heterocycles. The largest absolute Gasteiger partial charge is 0.350 e. The Hall–Kier alpha value is -1.08. The molecule has 0 bridgehead atoms. The van der Waals surface area contributed by atoms with E-state index >= 15 is 0 Å². The number of hydrogen-bond donors (Lipinski definition) is 2. The number of halogens is 2. The molecule has 0 fully saturated rings. The maximum atomic E-state index is 11.3.